The highest BCUT2D eigenvalue weighted by Gasteiger charge is 2.39. The molecule has 0 bridgehead atoms. The summed E-state index contributed by atoms with van der Waals surface area (Å²) in [6.45, 7) is 3.23. The first-order chi connectivity index (χ1) is 20.0. The number of amides is 3. The van der Waals surface area contributed by atoms with Crippen LogP contribution in [-0.4, -0.2) is 75.9 Å². The summed E-state index contributed by atoms with van der Waals surface area (Å²) in [5, 5.41) is 2.37. The molecule has 3 aromatic rings. The minimum atomic E-state index is -0.642. The molecule has 1 N–H and O–H groups in total. The molecule has 41 heavy (non-hydrogen) atoms. The Kier molecular flexibility index (Phi) is 6.67. The molecule has 0 radical (unpaired) electrons. The lowest BCUT2D eigenvalue weighted by Crippen LogP contribution is -2.52. The van der Waals surface area contributed by atoms with E-state index in [2.05, 4.69) is 16.3 Å². The highest BCUT2D eigenvalue weighted by Crippen LogP contribution is 2.36. The predicted octanol–water partition coefficient (Wildman–Crippen LogP) is 3.21. The van der Waals surface area contributed by atoms with Crippen LogP contribution < -0.4 is 10.1 Å². The number of carbonyl (C=O) groups is 3. The summed E-state index contributed by atoms with van der Waals surface area (Å²) in [7, 11) is 1.73. The average Bonchev–Trinajstić information content (AvgIpc) is 3.58. The number of pyridine rings is 2. The summed E-state index contributed by atoms with van der Waals surface area (Å²) in [4.78, 5) is 51.2. The molecule has 2 aromatic heterocycles. The molecule has 212 valence electrons. The lowest BCUT2D eigenvalue weighted by Gasteiger charge is -2.34. The minimum absolute atomic E-state index is 0.0855. The molecule has 1 saturated carbocycles. The van der Waals surface area contributed by atoms with E-state index in [1.807, 2.05) is 24.3 Å². The van der Waals surface area contributed by atoms with Crippen molar-refractivity contribution in [3.05, 3.63) is 53.2 Å². The summed E-state index contributed by atoms with van der Waals surface area (Å²) in [6.07, 6.45) is 6.78. The first-order valence-electron chi connectivity index (χ1n) is 14.4. The number of likely N-dealkylation sites (tertiary alicyclic amines) is 1. The minimum Gasteiger partial charge on any atom is -0.488 e. The van der Waals surface area contributed by atoms with E-state index in [1.54, 1.807) is 18.2 Å². The molecular weight excluding hydrogens is 522 g/mol. The zero-order chi connectivity index (χ0) is 28.1. The number of hydrogen-bond acceptors (Lipinski definition) is 8. The molecule has 1 atom stereocenters. The van der Waals surface area contributed by atoms with E-state index in [4.69, 9.17) is 19.4 Å². The maximum absolute atomic E-state index is 13.2. The zero-order valence-corrected chi connectivity index (χ0v) is 23.1. The Balaban J connectivity index is 1.23. The number of methoxy groups -OCH3 is 1. The van der Waals surface area contributed by atoms with Crippen LogP contribution in [0.2, 0.25) is 0 Å². The number of benzene rings is 1. The van der Waals surface area contributed by atoms with Crippen LogP contribution in [0.25, 0.3) is 22.3 Å². The van der Waals surface area contributed by atoms with Gasteiger partial charge in [0.2, 0.25) is 11.8 Å². The molecule has 10 nitrogen and oxygen atoms in total. The van der Waals surface area contributed by atoms with Crippen molar-refractivity contribution in [2.75, 3.05) is 20.2 Å². The van der Waals surface area contributed by atoms with Crippen LogP contribution in [0.1, 0.15) is 60.0 Å². The maximum atomic E-state index is 13.2. The van der Waals surface area contributed by atoms with Gasteiger partial charge < -0.3 is 14.4 Å². The summed E-state index contributed by atoms with van der Waals surface area (Å²) in [5.74, 6) is -0.163. The van der Waals surface area contributed by atoms with Gasteiger partial charge in [0, 0.05) is 62.9 Å². The standard InChI is InChI=1S/C31H33N5O5/c1-40-21-14-22(15-21)41-26-8-9-32-28-20(16-35-10-2-3-11-35)13-24(33-29(26)28)18-4-5-23-19(12-18)17-36(31(23)39)25-6-7-27(37)34-30(25)38/h4-5,8-9,12-13,21-22,25H,2-3,6-7,10-11,14-17H2,1H3,(H,34,37,38)/t21?,22?,25-/m1/s1. The van der Waals surface area contributed by atoms with Gasteiger partial charge >= 0.3 is 0 Å². The quantitative estimate of drug-likeness (QED) is 0.442. The second-order valence-corrected chi connectivity index (χ2v) is 11.5. The van der Waals surface area contributed by atoms with Crippen molar-refractivity contribution in [2.24, 2.45) is 0 Å². The first kappa shape index (κ1) is 26.0. The van der Waals surface area contributed by atoms with Gasteiger partial charge in [-0.25, -0.2) is 4.98 Å². The Labute approximate surface area is 238 Å². The molecule has 1 aromatic carbocycles. The van der Waals surface area contributed by atoms with Crippen molar-refractivity contribution < 1.29 is 23.9 Å². The number of fused-ring (bicyclic) bond motifs is 2. The number of hydrogen-bond donors (Lipinski definition) is 1. The molecule has 3 amide bonds. The van der Waals surface area contributed by atoms with Gasteiger partial charge in [-0.05, 0) is 61.7 Å². The Bertz CT molecular complexity index is 1550. The number of rotatable bonds is 7. The summed E-state index contributed by atoms with van der Waals surface area (Å²) >= 11 is 0. The van der Waals surface area contributed by atoms with Gasteiger partial charge in [0.15, 0.2) is 0 Å². The highest BCUT2D eigenvalue weighted by molar-refractivity contribution is 6.05. The van der Waals surface area contributed by atoms with Crippen LogP contribution in [0.15, 0.2) is 36.5 Å². The fraction of sp³-hybridized carbons (Fsp3) is 0.452. The predicted molar refractivity (Wildman–Crippen MR) is 150 cm³/mol. The number of carbonyl (C=O) groups excluding carboxylic acids is 3. The van der Waals surface area contributed by atoms with Crippen LogP contribution in [0.3, 0.4) is 0 Å². The SMILES string of the molecule is COC1CC(Oc2ccnc3c(CN4CCCC4)cc(-c4ccc5c(c4)CN([C@@H]4CCC(=O)NC4=O)C5=O)nc23)C1. The van der Waals surface area contributed by atoms with Crippen LogP contribution in [0.5, 0.6) is 5.75 Å². The van der Waals surface area contributed by atoms with Crippen molar-refractivity contribution in [1.29, 1.82) is 0 Å². The first-order valence-corrected chi connectivity index (χ1v) is 14.4. The maximum Gasteiger partial charge on any atom is 0.255 e. The molecule has 7 rings (SSSR count). The van der Waals surface area contributed by atoms with Crippen LogP contribution in [-0.2, 0) is 27.4 Å². The Morgan fingerprint density at radius 3 is 2.63 bits per heavy atom. The number of nitrogens with zero attached hydrogens (tertiary/aromatic N) is 4. The fourth-order valence-corrected chi connectivity index (χ4v) is 6.43. The second-order valence-electron chi connectivity index (χ2n) is 11.5. The topological polar surface area (TPSA) is 114 Å². The molecule has 1 aliphatic carbocycles. The number of piperidine rings is 1. The normalized spacial score (nSPS) is 24.5. The van der Waals surface area contributed by atoms with E-state index in [9.17, 15) is 14.4 Å². The van der Waals surface area contributed by atoms with Crippen LogP contribution in [0.4, 0.5) is 0 Å². The summed E-state index contributed by atoms with van der Waals surface area (Å²) < 4.78 is 11.8. The van der Waals surface area contributed by atoms with Crippen molar-refractivity contribution >= 4 is 28.8 Å². The molecule has 3 aliphatic heterocycles. The van der Waals surface area contributed by atoms with Gasteiger partial charge in [0.05, 0.1) is 17.3 Å². The van der Waals surface area contributed by atoms with Crippen molar-refractivity contribution in [1.82, 2.24) is 25.1 Å². The molecule has 2 saturated heterocycles. The summed E-state index contributed by atoms with van der Waals surface area (Å²) in [5.41, 5.74) is 5.81. The average molecular weight is 556 g/mol. The third-order valence-corrected chi connectivity index (χ3v) is 8.83. The fourth-order valence-electron chi connectivity index (χ4n) is 6.43. The van der Waals surface area contributed by atoms with E-state index < -0.39 is 11.9 Å². The van der Waals surface area contributed by atoms with E-state index in [1.165, 1.54) is 12.8 Å². The van der Waals surface area contributed by atoms with E-state index in [0.717, 1.165) is 71.6 Å². The largest absolute Gasteiger partial charge is 0.488 e. The molecule has 0 unspecified atom stereocenters. The lowest BCUT2D eigenvalue weighted by atomic mass is 9.92. The van der Waals surface area contributed by atoms with Crippen LogP contribution >= 0.6 is 0 Å². The number of aromatic nitrogens is 2. The third kappa shape index (κ3) is 4.85. The number of nitrogens with one attached hydrogen (secondary N) is 1. The van der Waals surface area contributed by atoms with Gasteiger partial charge in [0.1, 0.15) is 23.4 Å². The third-order valence-electron chi connectivity index (χ3n) is 8.83. The van der Waals surface area contributed by atoms with Gasteiger partial charge in [0.25, 0.3) is 5.91 Å². The van der Waals surface area contributed by atoms with Gasteiger partial charge in [-0.2, -0.15) is 0 Å². The Hall–Kier alpha value is -3.89. The highest BCUT2D eigenvalue weighted by atomic mass is 16.5. The van der Waals surface area contributed by atoms with Crippen molar-refractivity contribution in [3.63, 3.8) is 0 Å². The molecule has 3 fully saturated rings. The van der Waals surface area contributed by atoms with Gasteiger partial charge in [-0.3, -0.25) is 29.6 Å². The molecule has 0 spiro atoms. The molecule has 4 aliphatic rings. The van der Waals surface area contributed by atoms with E-state index in [-0.39, 0.29) is 30.4 Å². The van der Waals surface area contributed by atoms with Crippen molar-refractivity contribution in [3.8, 4) is 17.0 Å². The van der Waals surface area contributed by atoms with Crippen LogP contribution in [0, 0.1) is 0 Å². The molecular formula is C31H33N5O5. The second kappa shape index (κ2) is 10.5. The number of ether oxygens (including phenoxy) is 2. The van der Waals surface area contributed by atoms with E-state index in [0.29, 0.717) is 18.5 Å². The van der Waals surface area contributed by atoms with Crippen molar-refractivity contribution in [2.45, 2.75) is 69.9 Å². The lowest BCUT2D eigenvalue weighted by molar-refractivity contribution is -0.136. The molecule has 10 heteroatoms. The van der Waals surface area contributed by atoms with Gasteiger partial charge in [-0.15, -0.1) is 0 Å². The zero-order valence-electron chi connectivity index (χ0n) is 23.1. The number of imide groups is 1. The smallest absolute Gasteiger partial charge is 0.255 e. The summed E-state index contributed by atoms with van der Waals surface area (Å²) in [6, 6.07) is 9.10. The molecule has 5 heterocycles. The van der Waals surface area contributed by atoms with E-state index >= 15 is 0 Å². The monoisotopic (exact) mass is 555 g/mol. The Morgan fingerprint density at radius 1 is 1.02 bits per heavy atom. The van der Waals surface area contributed by atoms with Gasteiger partial charge in [-0.1, -0.05) is 6.07 Å². The Morgan fingerprint density at radius 2 is 1.85 bits per heavy atom.